The Labute approximate surface area is 111 Å². The van der Waals surface area contributed by atoms with E-state index in [-0.39, 0.29) is 6.04 Å². The molecule has 17 heavy (non-hydrogen) atoms. The van der Waals surface area contributed by atoms with Crippen LogP contribution in [0.25, 0.3) is 0 Å². The van der Waals surface area contributed by atoms with Crippen LogP contribution in [0.3, 0.4) is 0 Å². The molecule has 0 fully saturated rings. The lowest BCUT2D eigenvalue weighted by Gasteiger charge is -2.22. The van der Waals surface area contributed by atoms with Crippen molar-refractivity contribution in [3.8, 4) is 0 Å². The number of hydrogen-bond donors (Lipinski definition) is 1. The predicted octanol–water partition coefficient (Wildman–Crippen LogP) is 4.61. The van der Waals surface area contributed by atoms with Gasteiger partial charge < -0.3 is 5.32 Å². The number of aromatic nitrogens is 1. The normalized spacial score (nSPS) is 12.7. The first-order valence-electron chi connectivity index (χ1n) is 5.58. The third kappa shape index (κ3) is 2.99. The summed E-state index contributed by atoms with van der Waals surface area (Å²) in [5.74, 6) is 0.498. The van der Waals surface area contributed by atoms with E-state index >= 15 is 0 Å². The van der Waals surface area contributed by atoms with Crippen molar-refractivity contribution in [1.82, 2.24) is 4.98 Å². The monoisotopic (exact) mass is 266 g/mol. The van der Waals surface area contributed by atoms with Crippen molar-refractivity contribution in [2.45, 2.75) is 19.9 Å². The number of nitrogens with one attached hydrogen (secondary N) is 1. The van der Waals surface area contributed by atoms with Crippen LogP contribution in [0.1, 0.15) is 24.8 Å². The number of anilines is 1. The zero-order valence-corrected chi connectivity index (χ0v) is 11.4. The summed E-state index contributed by atoms with van der Waals surface area (Å²) in [5, 5.41) is 6.25. The van der Waals surface area contributed by atoms with Crippen LogP contribution in [0.4, 0.5) is 5.69 Å². The second-order valence-electron chi connectivity index (χ2n) is 4.24. The summed E-state index contributed by atoms with van der Waals surface area (Å²) in [6, 6.07) is 6.42. The Morgan fingerprint density at radius 1 is 1.35 bits per heavy atom. The second kappa shape index (κ2) is 5.52. The van der Waals surface area contributed by atoms with E-state index in [1.165, 1.54) is 4.88 Å². The van der Waals surface area contributed by atoms with Crippen LogP contribution in [-0.2, 0) is 0 Å². The zero-order chi connectivity index (χ0) is 12.3. The molecule has 0 saturated carbocycles. The fraction of sp³-hybridized carbons (Fsp3) is 0.308. The van der Waals surface area contributed by atoms with Crippen LogP contribution in [0.15, 0.2) is 36.0 Å². The molecule has 0 amide bonds. The average Bonchev–Trinajstić information content (AvgIpc) is 2.81. The maximum absolute atomic E-state index is 6.11. The Morgan fingerprint density at radius 2 is 2.18 bits per heavy atom. The molecular weight excluding hydrogens is 252 g/mol. The van der Waals surface area contributed by atoms with Crippen molar-refractivity contribution in [2.75, 3.05) is 5.32 Å². The fourth-order valence-electron chi connectivity index (χ4n) is 1.69. The molecule has 2 aromatic heterocycles. The number of halogens is 1. The lowest BCUT2D eigenvalue weighted by Crippen LogP contribution is -2.15. The van der Waals surface area contributed by atoms with E-state index in [0.29, 0.717) is 10.9 Å². The molecule has 2 nitrogen and oxygen atoms in total. The number of hydrogen-bond acceptors (Lipinski definition) is 3. The van der Waals surface area contributed by atoms with E-state index in [2.05, 4.69) is 41.7 Å². The standard InChI is InChI=1S/C13H15ClN2S/c1-9(2)13(12-4-3-7-17-12)16-11-5-6-15-8-10(11)14/h3-9,13H,1-2H3,(H,15,16). The van der Waals surface area contributed by atoms with Crippen molar-refractivity contribution < 1.29 is 0 Å². The molecule has 0 aromatic carbocycles. The van der Waals surface area contributed by atoms with Crippen LogP contribution in [-0.4, -0.2) is 4.98 Å². The quantitative estimate of drug-likeness (QED) is 0.874. The highest BCUT2D eigenvalue weighted by Gasteiger charge is 2.17. The molecule has 0 bridgehead atoms. The Morgan fingerprint density at radius 3 is 2.76 bits per heavy atom. The maximum Gasteiger partial charge on any atom is 0.0820 e. The minimum Gasteiger partial charge on any atom is -0.376 e. The largest absolute Gasteiger partial charge is 0.376 e. The predicted molar refractivity (Wildman–Crippen MR) is 74.8 cm³/mol. The molecule has 1 unspecified atom stereocenters. The average molecular weight is 267 g/mol. The van der Waals surface area contributed by atoms with Crippen molar-refractivity contribution in [1.29, 1.82) is 0 Å². The minimum atomic E-state index is 0.287. The van der Waals surface area contributed by atoms with Gasteiger partial charge in [0.05, 0.1) is 16.8 Å². The van der Waals surface area contributed by atoms with Gasteiger partial charge in [-0.15, -0.1) is 11.3 Å². The zero-order valence-electron chi connectivity index (χ0n) is 9.85. The molecule has 1 atom stereocenters. The number of thiophene rings is 1. The van der Waals surface area contributed by atoms with Crippen molar-refractivity contribution in [3.63, 3.8) is 0 Å². The summed E-state index contributed by atoms with van der Waals surface area (Å²) in [6.07, 6.45) is 3.41. The maximum atomic E-state index is 6.11. The number of pyridine rings is 1. The van der Waals surface area contributed by atoms with E-state index in [9.17, 15) is 0 Å². The van der Waals surface area contributed by atoms with Gasteiger partial charge in [-0.2, -0.15) is 0 Å². The van der Waals surface area contributed by atoms with Gasteiger partial charge in [0.25, 0.3) is 0 Å². The summed E-state index contributed by atoms with van der Waals surface area (Å²) in [6.45, 7) is 4.40. The molecule has 90 valence electrons. The van der Waals surface area contributed by atoms with Crippen LogP contribution in [0.5, 0.6) is 0 Å². The van der Waals surface area contributed by atoms with Gasteiger partial charge in [-0.1, -0.05) is 31.5 Å². The van der Waals surface area contributed by atoms with Crippen LogP contribution < -0.4 is 5.32 Å². The van der Waals surface area contributed by atoms with Gasteiger partial charge in [-0.25, -0.2) is 0 Å². The van der Waals surface area contributed by atoms with Gasteiger partial charge in [0.2, 0.25) is 0 Å². The molecule has 0 spiro atoms. The van der Waals surface area contributed by atoms with Gasteiger partial charge >= 0.3 is 0 Å². The van der Waals surface area contributed by atoms with E-state index in [1.807, 2.05) is 6.07 Å². The fourth-order valence-corrected chi connectivity index (χ4v) is 2.82. The Hall–Kier alpha value is -1.06. The first-order valence-corrected chi connectivity index (χ1v) is 6.83. The number of nitrogens with zero attached hydrogens (tertiary/aromatic N) is 1. The molecule has 0 radical (unpaired) electrons. The number of rotatable bonds is 4. The molecule has 0 aliphatic heterocycles. The minimum absolute atomic E-state index is 0.287. The Bertz CT molecular complexity index is 468. The van der Waals surface area contributed by atoms with Gasteiger partial charge in [0.1, 0.15) is 0 Å². The molecular formula is C13H15ClN2S. The van der Waals surface area contributed by atoms with Crippen LogP contribution in [0.2, 0.25) is 5.02 Å². The first-order chi connectivity index (χ1) is 8.18. The van der Waals surface area contributed by atoms with Gasteiger partial charge in [0.15, 0.2) is 0 Å². The van der Waals surface area contributed by atoms with Crippen LogP contribution in [0, 0.1) is 5.92 Å². The molecule has 4 heteroatoms. The highest BCUT2D eigenvalue weighted by atomic mass is 35.5. The molecule has 1 N–H and O–H groups in total. The van der Waals surface area contributed by atoms with Crippen molar-refractivity contribution in [2.24, 2.45) is 5.92 Å². The molecule has 0 saturated heterocycles. The van der Waals surface area contributed by atoms with Crippen LogP contribution >= 0.6 is 22.9 Å². The molecule has 2 heterocycles. The smallest absolute Gasteiger partial charge is 0.0820 e. The summed E-state index contributed by atoms with van der Waals surface area (Å²) in [7, 11) is 0. The lowest BCUT2D eigenvalue weighted by atomic mass is 10.0. The Kier molecular flexibility index (Phi) is 4.02. The van der Waals surface area contributed by atoms with E-state index in [0.717, 1.165) is 5.69 Å². The third-order valence-electron chi connectivity index (χ3n) is 2.60. The van der Waals surface area contributed by atoms with Crippen molar-refractivity contribution in [3.05, 3.63) is 45.9 Å². The van der Waals surface area contributed by atoms with Gasteiger partial charge in [-0.3, -0.25) is 4.98 Å². The highest BCUT2D eigenvalue weighted by molar-refractivity contribution is 7.10. The first kappa shape index (κ1) is 12.4. The van der Waals surface area contributed by atoms with Gasteiger partial charge in [0, 0.05) is 17.3 Å². The van der Waals surface area contributed by atoms with E-state index in [1.54, 1.807) is 23.7 Å². The molecule has 2 rings (SSSR count). The van der Waals surface area contributed by atoms with E-state index in [4.69, 9.17) is 11.6 Å². The molecule has 0 aliphatic carbocycles. The summed E-state index contributed by atoms with van der Waals surface area (Å²) < 4.78 is 0. The summed E-state index contributed by atoms with van der Waals surface area (Å²) >= 11 is 7.88. The Balaban J connectivity index is 2.23. The van der Waals surface area contributed by atoms with Crippen molar-refractivity contribution >= 4 is 28.6 Å². The summed E-state index contributed by atoms with van der Waals surface area (Å²) in [5.41, 5.74) is 0.939. The highest BCUT2D eigenvalue weighted by Crippen LogP contribution is 2.31. The van der Waals surface area contributed by atoms with E-state index < -0.39 is 0 Å². The van der Waals surface area contributed by atoms with Gasteiger partial charge in [-0.05, 0) is 23.4 Å². The summed E-state index contributed by atoms with van der Waals surface area (Å²) in [4.78, 5) is 5.32. The SMILES string of the molecule is CC(C)C(Nc1ccncc1Cl)c1cccs1. The molecule has 2 aromatic rings. The third-order valence-corrected chi connectivity index (χ3v) is 3.86. The molecule has 0 aliphatic rings. The second-order valence-corrected chi connectivity index (χ2v) is 5.62. The topological polar surface area (TPSA) is 24.9 Å². The lowest BCUT2D eigenvalue weighted by molar-refractivity contribution is 0.554.